The molecular formula is C32H42. The predicted octanol–water partition coefficient (Wildman–Crippen LogP) is 9.33. The monoisotopic (exact) mass is 426 g/mol. The van der Waals surface area contributed by atoms with Crippen LogP contribution >= 0.6 is 0 Å². The standard InChI is InChI=1S/C32H42/c1-7-25(8-2)23-31-28(18-21-30(31)27-12-10-9-11-13-27)17-14-24(3)22-26-15-19-29(20-16-26)32(4,5)6/h9-13,15-16,18-21,25,31H,3,7-8,14,17,22-23H2,1-2,4-6H3. The van der Waals surface area contributed by atoms with E-state index in [1.165, 1.54) is 47.1 Å². The van der Waals surface area contributed by atoms with Crippen LogP contribution in [0.4, 0.5) is 0 Å². The maximum atomic E-state index is 4.43. The average Bonchev–Trinajstić information content (AvgIpc) is 3.18. The Hall–Kier alpha value is -2.34. The quantitative estimate of drug-likeness (QED) is 0.332. The minimum Gasteiger partial charge on any atom is -0.0995 e. The second-order valence-electron chi connectivity index (χ2n) is 10.6. The highest BCUT2D eigenvalue weighted by atomic mass is 14.3. The summed E-state index contributed by atoms with van der Waals surface area (Å²) >= 11 is 0. The molecule has 0 saturated heterocycles. The Balaban J connectivity index is 1.63. The summed E-state index contributed by atoms with van der Waals surface area (Å²) < 4.78 is 0. The maximum absolute atomic E-state index is 4.43. The number of hydrogen-bond donors (Lipinski definition) is 0. The molecule has 1 aliphatic rings. The number of allylic oxidation sites excluding steroid dienone is 5. The van der Waals surface area contributed by atoms with Crippen molar-refractivity contribution in [3.63, 3.8) is 0 Å². The lowest BCUT2D eigenvalue weighted by atomic mass is 9.80. The number of benzene rings is 2. The van der Waals surface area contributed by atoms with Crippen LogP contribution in [0.3, 0.4) is 0 Å². The smallest absolute Gasteiger partial charge is 0.00599 e. The Labute approximate surface area is 197 Å². The predicted molar refractivity (Wildman–Crippen MR) is 142 cm³/mol. The third-order valence-corrected chi connectivity index (χ3v) is 7.17. The summed E-state index contributed by atoms with van der Waals surface area (Å²) in [6, 6.07) is 20.1. The minimum atomic E-state index is 0.206. The largest absolute Gasteiger partial charge is 0.0995 e. The van der Waals surface area contributed by atoms with E-state index in [0.717, 1.165) is 25.2 Å². The molecule has 1 atom stereocenters. The van der Waals surface area contributed by atoms with Crippen LogP contribution in [-0.4, -0.2) is 0 Å². The summed E-state index contributed by atoms with van der Waals surface area (Å²) in [4.78, 5) is 0. The molecule has 3 rings (SSSR count). The highest BCUT2D eigenvalue weighted by Gasteiger charge is 2.26. The van der Waals surface area contributed by atoms with Gasteiger partial charge in [-0.3, -0.25) is 0 Å². The Morgan fingerprint density at radius 1 is 0.906 bits per heavy atom. The first-order chi connectivity index (χ1) is 15.3. The van der Waals surface area contributed by atoms with Crippen molar-refractivity contribution in [2.24, 2.45) is 11.8 Å². The van der Waals surface area contributed by atoms with Crippen LogP contribution in [-0.2, 0) is 11.8 Å². The van der Waals surface area contributed by atoms with E-state index in [0.29, 0.717) is 5.92 Å². The zero-order valence-electron chi connectivity index (χ0n) is 21.0. The zero-order valence-corrected chi connectivity index (χ0v) is 21.0. The molecule has 0 nitrogen and oxygen atoms in total. The lowest BCUT2D eigenvalue weighted by Crippen LogP contribution is -2.11. The summed E-state index contributed by atoms with van der Waals surface area (Å²) in [5, 5.41) is 0. The van der Waals surface area contributed by atoms with E-state index in [2.05, 4.69) is 108 Å². The SMILES string of the molecule is C=C(CCC1=CC=C(c2ccccc2)C1CC(CC)CC)Cc1ccc(C(C)(C)C)cc1. The molecular weight excluding hydrogens is 384 g/mol. The van der Waals surface area contributed by atoms with E-state index in [-0.39, 0.29) is 5.41 Å². The van der Waals surface area contributed by atoms with Gasteiger partial charge >= 0.3 is 0 Å². The van der Waals surface area contributed by atoms with Crippen molar-refractivity contribution in [2.75, 3.05) is 0 Å². The Kier molecular flexibility index (Phi) is 8.35. The van der Waals surface area contributed by atoms with Gasteiger partial charge in [-0.2, -0.15) is 0 Å². The first-order valence-electron chi connectivity index (χ1n) is 12.5. The molecule has 0 spiro atoms. The van der Waals surface area contributed by atoms with Gasteiger partial charge in [-0.15, -0.1) is 0 Å². The molecule has 0 aliphatic heterocycles. The molecule has 1 unspecified atom stereocenters. The maximum Gasteiger partial charge on any atom is 0.00599 e. The summed E-state index contributed by atoms with van der Waals surface area (Å²) in [7, 11) is 0. The fourth-order valence-electron chi connectivity index (χ4n) is 4.87. The van der Waals surface area contributed by atoms with Gasteiger partial charge in [-0.05, 0) is 59.3 Å². The average molecular weight is 427 g/mol. The topological polar surface area (TPSA) is 0 Å². The lowest BCUT2D eigenvalue weighted by molar-refractivity contribution is 0.420. The summed E-state index contributed by atoms with van der Waals surface area (Å²) in [5.74, 6) is 1.35. The van der Waals surface area contributed by atoms with Crippen LogP contribution in [0.25, 0.3) is 5.57 Å². The van der Waals surface area contributed by atoms with Gasteiger partial charge in [0.05, 0.1) is 0 Å². The van der Waals surface area contributed by atoms with Gasteiger partial charge in [-0.1, -0.05) is 132 Å². The van der Waals surface area contributed by atoms with Crippen LogP contribution in [0, 0.1) is 11.8 Å². The van der Waals surface area contributed by atoms with Crippen LogP contribution < -0.4 is 0 Å². The fourth-order valence-corrected chi connectivity index (χ4v) is 4.87. The van der Waals surface area contributed by atoms with E-state index in [1.54, 1.807) is 5.57 Å². The van der Waals surface area contributed by atoms with Crippen molar-refractivity contribution in [1.82, 2.24) is 0 Å². The van der Waals surface area contributed by atoms with Gasteiger partial charge in [-0.25, -0.2) is 0 Å². The molecule has 1 aliphatic carbocycles. The van der Waals surface area contributed by atoms with Gasteiger partial charge < -0.3 is 0 Å². The zero-order chi connectivity index (χ0) is 23.1. The van der Waals surface area contributed by atoms with Crippen molar-refractivity contribution >= 4 is 5.57 Å². The molecule has 0 amide bonds. The van der Waals surface area contributed by atoms with Crippen molar-refractivity contribution in [1.29, 1.82) is 0 Å². The van der Waals surface area contributed by atoms with Gasteiger partial charge in [0.25, 0.3) is 0 Å². The minimum absolute atomic E-state index is 0.206. The van der Waals surface area contributed by atoms with Gasteiger partial charge in [0.1, 0.15) is 0 Å². The van der Waals surface area contributed by atoms with Crippen LogP contribution in [0.2, 0.25) is 0 Å². The van der Waals surface area contributed by atoms with Crippen molar-refractivity contribution < 1.29 is 0 Å². The van der Waals surface area contributed by atoms with Crippen molar-refractivity contribution in [3.8, 4) is 0 Å². The molecule has 0 bridgehead atoms. The van der Waals surface area contributed by atoms with Crippen LogP contribution in [0.5, 0.6) is 0 Å². The Bertz CT molecular complexity index is 928. The third kappa shape index (κ3) is 6.35. The second-order valence-corrected chi connectivity index (χ2v) is 10.6. The third-order valence-electron chi connectivity index (χ3n) is 7.17. The van der Waals surface area contributed by atoms with E-state index in [9.17, 15) is 0 Å². The van der Waals surface area contributed by atoms with Crippen molar-refractivity contribution in [2.45, 2.75) is 78.6 Å². The van der Waals surface area contributed by atoms with Gasteiger partial charge in [0.15, 0.2) is 0 Å². The molecule has 0 aromatic heterocycles. The molecule has 32 heavy (non-hydrogen) atoms. The highest BCUT2D eigenvalue weighted by Crippen LogP contribution is 2.42. The summed E-state index contributed by atoms with van der Waals surface area (Å²) in [6.07, 6.45) is 11.7. The normalized spacial score (nSPS) is 16.2. The van der Waals surface area contributed by atoms with E-state index < -0.39 is 0 Å². The van der Waals surface area contributed by atoms with E-state index in [4.69, 9.17) is 0 Å². The van der Waals surface area contributed by atoms with E-state index in [1.807, 2.05) is 0 Å². The summed E-state index contributed by atoms with van der Waals surface area (Å²) in [6.45, 7) is 15.9. The highest BCUT2D eigenvalue weighted by molar-refractivity contribution is 5.74. The lowest BCUT2D eigenvalue weighted by Gasteiger charge is -2.25. The Morgan fingerprint density at radius 2 is 1.56 bits per heavy atom. The molecule has 2 aromatic rings. The number of rotatable bonds is 10. The second kappa shape index (κ2) is 11.0. The molecule has 2 aromatic carbocycles. The fraction of sp³-hybridized carbons (Fsp3) is 0.438. The van der Waals surface area contributed by atoms with Crippen LogP contribution in [0.15, 0.2) is 84.5 Å². The number of hydrogen-bond acceptors (Lipinski definition) is 0. The van der Waals surface area contributed by atoms with E-state index >= 15 is 0 Å². The molecule has 0 heteroatoms. The molecule has 0 heterocycles. The summed E-state index contributed by atoms with van der Waals surface area (Å²) in [5.41, 5.74) is 8.80. The molecule has 170 valence electrons. The van der Waals surface area contributed by atoms with Crippen LogP contribution in [0.1, 0.15) is 83.4 Å². The molecule has 0 fully saturated rings. The van der Waals surface area contributed by atoms with Gasteiger partial charge in [0, 0.05) is 5.92 Å². The molecule has 0 saturated carbocycles. The molecule has 0 N–H and O–H groups in total. The van der Waals surface area contributed by atoms with Gasteiger partial charge in [0.2, 0.25) is 0 Å². The van der Waals surface area contributed by atoms with Crippen molar-refractivity contribution in [3.05, 3.63) is 101 Å². The molecule has 0 radical (unpaired) electrons. The Morgan fingerprint density at radius 3 is 2.16 bits per heavy atom. The first-order valence-corrected chi connectivity index (χ1v) is 12.5. The first kappa shape index (κ1) is 24.3.